The number of rotatable bonds is 12. The average Bonchev–Trinajstić information content (AvgIpc) is 3.26. The molecule has 0 fully saturated rings. The molecule has 0 aliphatic carbocycles. The number of carbonyl (C=O) groups excluding carboxylic acids is 1. The fraction of sp³-hybridized carbons (Fsp3) is 0.440. The molecule has 2 atom stereocenters. The lowest BCUT2D eigenvalue weighted by molar-refractivity contribution is -0.123. The molecule has 2 heterocycles. The normalized spacial score (nSPS) is 13.5. The van der Waals surface area contributed by atoms with Crippen LogP contribution in [0.15, 0.2) is 53.7 Å². The molecule has 1 aromatic carbocycles. The van der Waals surface area contributed by atoms with Gasteiger partial charge >= 0.3 is 0 Å². The highest BCUT2D eigenvalue weighted by Gasteiger charge is 2.28. The molecule has 0 bridgehead atoms. The van der Waals surface area contributed by atoms with Crippen molar-refractivity contribution >= 4 is 17.4 Å². The van der Waals surface area contributed by atoms with E-state index in [2.05, 4.69) is 31.0 Å². The molecule has 186 valence electrons. The van der Waals surface area contributed by atoms with Gasteiger partial charge in [-0.3, -0.25) is 4.79 Å². The van der Waals surface area contributed by atoms with Crippen molar-refractivity contribution in [1.82, 2.24) is 25.2 Å². The lowest BCUT2D eigenvalue weighted by atomic mass is 9.84. The second-order valence-electron chi connectivity index (χ2n) is 8.62. The van der Waals surface area contributed by atoms with E-state index in [-0.39, 0.29) is 30.3 Å². The van der Waals surface area contributed by atoms with Crippen molar-refractivity contribution in [2.24, 2.45) is 30.0 Å². The smallest absolute Gasteiger partial charge is 0.229 e. The molecule has 0 aliphatic rings. The fourth-order valence-corrected chi connectivity index (χ4v) is 3.88. The summed E-state index contributed by atoms with van der Waals surface area (Å²) >= 11 is 0. The Morgan fingerprint density at radius 1 is 1.11 bits per heavy atom. The first-order chi connectivity index (χ1) is 16.9. The Kier molecular flexibility index (Phi) is 9.42. The Hall–Kier alpha value is -3.66. The van der Waals surface area contributed by atoms with Crippen LogP contribution in [-0.2, 0) is 28.0 Å². The van der Waals surface area contributed by atoms with Gasteiger partial charge in [-0.2, -0.15) is 0 Å². The molecule has 0 spiro atoms. The Morgan fingerprint density at radius 3 is 2.54 bits per heavy atom. The van der Waals surface area contributed by atoms with Gasteiger partial charge < -0.3 is 14.9 Å². The van der Waals surface area contributed by atoms with Gasteiger partial charge in [0.2, 0.25) is 11.7 Å². The highest BCUT2D eigenvalue weighted by Crippen LogP contribution is 2.23. The van der Waals surface area contributed by atoms with E-state index in [0.717, 1.165) is 5.56 Å². The maximum absolute atomic E-state index is 13.0. The zero-order valence-electron chi connectivity index (χ0n) is 20.9. The van der Waals surface area contributed by atoms with E-state index in [1.165, 1.54) is 4.68 Å². The topological polar surface area (TPSA) is 116 Å². The minimum absolute atomic E-state index is 0.0723. The number of nitrogens with zero attached hydrogens (tertiary/aromatic N) is 6. The second kappa shape index (κ2) is 12.7. The average molecular weight is 480 g/mol. The van der Waals surface area contributed by atoms with Gasteiger partial charge in [-0.15, -0.1) is 5.10 Å². The Balaban J connectivity index is 1.70. The first-order valence-corrected chi connectivity index (χ1v) is 11.7. The molecule has 2 unspecified atom stereocenters. The number of benzene rings is 1. The fourth-order valence-electron chi connectivity index (χ4n) is 3.88. The number of aromatic nitrogens is 5. The number of ether oxygens (including phenoxy) is 1. The molecule has 0 radical (unpaired) electrons. The number of pyridine rings is 1. The van der Waals surface area contributed by atoms with Gasteiger partial charge in [0.05, 0.1) is 5.69 Å². The van der Waals surface area contributed by atoms with Crippen molar-refractivity contribution in [3.8, 4) is 0 Å². The van der Waals surface area contributed by atoms with Crippen LogP contribution in [0, 0.1) is 17.8 Å². The summed E-state index contributed by atoms with van der Waals surface area (Å²) in [6.07, 6.45) is 0. The number of anilines is 1. The molecular weight excluding hydrogens is 446 g/mol. The molecule has 1 N–H and O–H groups in total. The van der Waals surface area contributed by atoms with Crippen LogP contribution in [0.1, 0.15) is 44.8 Å². The summed E-state index contributed by atoms with van der Waals surface area (Å²) in [6, 6.07) is 14.9. The van der Waals surface area contributed by atoms with Gasteiger partial charge in [-0.05, 0) is 41.3 Å². The number of aryl methyl sites for hydroxylation is 1. The van der Waals surface area contributed by atoms with Crippen molar-refractivity contribution in [3.05, 3.63) is 65.6 Å². The van der Waals surface area contributed by atoms with Gasteiger partial charge in [-0.25, -0.2) is 9.67 Å². The van der Waals surface area contributed by atoms with Gasteiger partial charge in [0.1, 0.15) is 5.82 Å². The Morgan fingerprint density at radius 2 is 1.89 bits per heavy atom. The summed E-state index contributed by atoms with van der Waals surface area (Å²) in [5.41, 5.74) is 1.95. The third-order valence-corrected chi connectivity index (χ3v) is 5.52. The highest BCUT2D eigenvalue weighted by molar-refractivity contribution is 6.10. The van der Waals surface area contributed by atoms with Crippen molar-refractivity contribution in [2.45, 2.75) is 34.3 Å². The predicted octanol–water partition coefficient (Wildman–Crippen LogP) is 3.46. The number of hydrogen-bond donors (Lipinski definition) is 1. The largest absolute Gasteiger partial charge is 0.389 e. The number of hydrogen-bond acceptors (Lipinski definition) is 8. The minimum atomic E-state index is -0.193. The molecule has 35 heavy (non-hydrogen) atoms. The van der Waals surface area contributed by atoms with E-state index in [9.17, 15) is 4.79 Å². The second-order valence-corrected chi connectivity index (χ2v) is 8.62. The van der Waals surface area contributed by atoms with Crippen LogP contribution in [0.3, 0.4) is 0 Å². The molecule has 2 aromatic heterocycles. The quantitative estimate of drug-likeness (QED) is 0.312. The van der Waals surface area contributed by atoms with Gasteiger partial charge in [0.15, 0.2) is 12.3 Å². The van der Waals surface area contributed by atoms with Gasteiger partial charge in [0, 0.05) is 31.7 Å². The third-order valence-electron chi connectivity index (χ3n) is 5.52. The lowest BCUT2D eigenvalue weighted by Gasteiger charge is -2.26. The molecule has 0 saturated carbocycles. The number of amides is 1. The molecule has 0 saturated heterocycles. The maximum Gasteiger partial charge on any atom is 0.229 e. The summed E-state index contributed by atoms with van der Waals surface area (Å²) in [7, 11) is 1.74. The first kappa shape index (κ1) is 26.0. The zero-order chi connectivity index (χ0) is 25.2. The summed E-state index contributed by atoms with van der Waals surface area (Å²) in [5.74, 6) is 0.930. The van der Waals surface area contributed by atoms with Crippen LogP contribution < -0.4 is 5.32 Å². The molecular formula is C25H33N7O3. The molecule has 3 aromatic rings. The molecule has 0 aliphatic heterocycles. The number of oxime groups is 1. The number of tetrazole rings is 1. The van der Waals surface area contributed by atoms with E-state index in [4.69, 9.17) is 9.57 Å². The van der Waals surface area contributed by atoms with Crippen LogP contribution in [0.5, 0.6) is 0 Å². The summed E-state index contributed by atoms with van der Waals surface area (Å²) in [6.45, 7) is 9.34. The van der Waals surface area contributed by atoms with Crippen LogP contribution in [0.25, 0.3) is 0 Å². The molecule has 10 nitrogen and oxygen atoms in total. The standard InChI is InChI=1S/C25H33N7O3/c1-6-34-15-18(4)22(17(2)3)25(33)27-21-14-10-13-20(26-21)16-35-29-23(19-11-8-7-9-12-19)24-28-30-31-32(24)5/h7-14,17-18,22H,6,15-16H2,1-5H3,(H,26,27,33)/b29-23-. The molecule has 1 amide bonds. The third kappa shape index (κ3) is 7.16. The van der Waals surface area contributed by atoms with E-state index in [1.807, 2.05) is 70.2 Å². The Bertz CT molecular complexity index is 1120. The first-order valence-electron chi connectivity index (χ1n) is 11.7. The Labute approximate surface area is 205 Å². The highest BCUT2D eigenvalue weighted by atomic mass is 16.6. The van der Waals surface area contributed by atoms with E-state index in [0.29, 0.717) is 36.3 Å². The van der Waals surface area contributed by atoms with Crippen LogP contribution >= 0.6 is 0 Å². The maximum atomic E-state index is 13.0. The van der Waals surface area contributed by atoms with Crippen molar-refractivity contribution in [2.75, 3.05) is 18.5 Å². The summed E-state index contributed by atoms with van der Waals surface area (Å²) in [5, 5.41) is 18.9. The number of nitrogens with one attached hydrogen (secondary N) is 1. The summed E-state index contributed by atoms with van der Waals surface area (Å²) in [4.78, 5) is 23.2. The lowest BCUT2D eigenvalue weighted by Crippen LogP contribution is -2.34. The van der Waals surface area contributed by atoms with Crippen LogP contribution in [-0.4, -0.2) is 50.0 Å². The van der Waals surface area contributed by atoms with Gasteiger partial charge in [0.25, 0.3) is 0 Å². The zero-order valence-corrected chi connectivity index (χ0v) is 20.9. The van der Waals surface area contributed by atoms with E-state index < -0.39 is 0 Å². The van der Waals surface area contributed by atoms with Crippen molar-refractivity contribution < 1.29 is 14.4 Å². The van der Waals surface area contributed by atoms with Crippen molar-refractivity contribution in [1.29, 1.82) is 0 Å². The van der Waals surface area contributed by atoms with E-state index >= 15 is 0 Å². The van der Waals surface area contributed by atoms with Gasteiger partial charge in [-0.1, -0.05) is 62.3 Å². The SMILES string of the molecule is CCOCC(C)C(C(=O)Nc1cccc(CO/N=C(/c2ccccc2)c2nnnn2C)n1)C(C)C. The number of carbonyl (C=O) groups is 1. The molecule has 3 rings (SSSR count). The van der Waals surface area contributed by atoms with Crippen LogP contribution in [0.4, 0.5) is 5.82 Å². The molecule has 10 heteroatoms. The predicted molar refractivity (Wildman–Crippen MR) is 133 cm³/mol. The van der Waals surface area contributed by atoms with E-state index in [1.54, 1.807) is 13.1 Å². The van der Waals surface area contributed by atoms with Crippen molar-refractivity contribution in [3.63, 3.8) is 0 Å². The monoisotopic (exact) mass is 479 g/mol. The summed E-state index contributed by atoms with van der Waals surface area (Å²) < 4.78 is 7.07. The van der Waals surface area contributed by atoms with Crippen LogP contribution in [0.2, 0.25) is 0 Å². The minimum Gasteiger partial charge on any atom is -0.389 e.